The first-order chi connectivity index (χ1) is 13.7. The van der Waals surface area contributed by atoms with Crippen molar-refractivity contribution in [3.05, 3.63) is 42.0 Å². The van der Waals surface area contributed by atoms with Crippen LogP contribution in [-0.2, 0) is 6.54 Å². The Morgan fingerprint density at radius 2 is 1.68 bits per heavy atom. The minimum absolute atomic E-state index is 0.183. The van der Waals surface area contributed by atoms with E-state index in [9.17, 15) is 4.79 Å². The number of nitrogens with one attached hydrogen (secondary N) is 1. The number of aromatic nitrogens is 3. The fourth-order valence-electron chi connectivity index (χ4n) is 3.64. The van der Waals surface area contributed by atoms with E-state index in [1.807, 2.05) is 12.3 Å². The average Bonchev–Trinajstić information content (AvgIpc) is 3.28. The van der Waals surface area contributed by atoms with Gasteiger partial charge in [0.15, 0.2) is 0 Å². The van der Waals surface area contributed by atoms with Crippen LogP contribution in [-0.4, -0.2) is 72.1 Å². The van der Waals surface area contributed by atoms with Crippen LogP contribution in [0.3, 0.4) is 0 Å². The maximum atomic E-state index is 12.6. The number of rotatable bonds is 5. The van der Waals surface area contributed by atoms with Gasteiger partial charge in [-0.1, -0.05) is 0 Å². The summed E-state index contributed by atoms with van der Waals surface area (Å²) in [5, 5.41) is 2.97. The molecule has 28 heavy (non-hydrogen) atoms. The van der Waals surface area contributed by atoms with E-state index in [2.05, 4.69) is 48.1 Å². The Hall–Kier alpha value is -2.74. The monoisotopic (exact) mass is 381 g/mol. The molecule has 2 aromatic rings. The largest absolute Gasteiger partial charge is 0.357 e. The van der Waals surface area contributed by atoms with Gasteiger partial charge in [-0.3, -0.25) is 4.79 Å². The summed E-state index contributed by atoms with van der Waals surface area (Å²) in [5.41, 5.74) is 1.44. The van der Waals surface area contributed by atoms with Gasteiger partial charge in [-0.15, -0.1) is 0 Å². The summed E-state index contributed by atoms with van der Waals surface area (Å²) in [4.78, 5) is 32.3. The molecule has 0 atom stereocenters. The van der Waals surface area contributed by atoms with Gasteiger partial charge >= 0.3 is 0 Å². The normalized spacial score (nSPS) is 17.8. The fourth-order valence-corrected chi connectivity index (χ4v) is 3.64. The molecule has 8 nitrogen and oxygen atoms in total. The van der Waals surface area contributed by atoms with Gasteiger partial charge in [0.05, 0.1) is 0 Å². The number of pyridine rings is 1. The van der Waals surface area contributed by atoms with Gasteiger partial charge in [-0.05, 0) is 37.6 Å². The standard InChI is InChI=1S/C20H27N7O/c1-25-8-10-27(11-9-25)19-13-17(23-15-24-19)20(28)22-14-16-4-5-21-18(12-16)26-6-2-3-7-26/h4-5,12-13,15H,2-3,6-11,14H2,1H3,(H,22,28). The maximum Gasteiger partial charge on any atom is 0.270 e. The molecular weight excluding hydrogens is 354 g/mol. The highest BCUT2D eigenvalue weighted by Crippen LogP contribution is 2.18. The second-order valence-corrected chi connectivity index (χ2v) is 7.45. The number of carbonyl (C=O) groups is 1. The van der Waals surface area contributed by atoms with Gasteiger partial charge in [-0.25, -0.2) is 15.0 Å². The number of piperazine rings is 1. The molecule has 0 spiro atoms. The summed E-state index contributed by atoms with van der Waals surface area (Å²) in [6.07, 6.45) is 5.71. The van der Waals surface area contributed by atoms with Crippen molar-refractivity contribution in [3.63, 3.8) is 0 Å². The van der Waals surface area contributed by atoms with Crippen LogP contribution in [0.15, 0.2) is 30.7 Å². The van der Waals surface area contributed by atoms with Crippen molar-refractivity contribution in [1.29, 1.82) is 0 Å². The molecule has 0 unspecified atom stereocenters. The van der Waals surface area contributed by atoms with Crippen LogP contribution in [0.4, 0.5) is 11.6 Å². The number of anilines is 2. The van der Waals surface area contributed by atoms with Gasteiger partial charge in [0.1, 0.15) is 23.7 Å². The maximum absolute atomic E-state index is 12.6. The second kappa shape index (κ2) is 8.52. The van der Waals surface area contributed by atoms with Crippen LogP contribution in [0.2, 0.25) is 0 Å². The second-order valence-electron chi connectivity index (χ2n) is 7.45. The number of likely N-dealkylation sites (N-methyl/N-ethyl adjacent to an activating group) is 1. The van der Waals surface area contributed by atoms with E-state index in [0.29, 0.717) is 12.2 Å². The van der Waals surface area contributed by atoms with Crippen molar-refractivity contribution in [3.8, 4) is 0 Å². The molecule has 2 aliphatic heterocycles. The molecule has 4 rings (SSSR count). The van der Waals surface area contributed by atoms with Crippen molar-refractivity contribution in [1.82, 2.24) is 25.2 Å². The smallest absolute Gasteiger partial charge is 0.270 e. The highest BCUT2D eigenvalue weighted by molar-refractivity contribution is 5.92. The zero-order chi connectivity index (χ0) is 19.3. The fraction of sp³-hybridized carbons (Fsp3) is 0.500. The lowest BCUT2D eigenvalue weighted by Gasteiger charge is -2.33. The average molecular weight is 381 g/mol. The Bertz CT molecular complexity index is 814. The summed E-state index contributed by atoms with van der Waals surface area (Å²) >= 11 is 0. The van der Waals surface area contributed by atoms with E-state index in [-0.39, 0.29) is 5.91 Å². The molecule has 1 amide bonds. The molecule has 2 fully saturated rings. The number of hydrogen-bond donors (Lipinski definition) is 1. The third-order valence-electron chi connectivity index (χ3n) is 5.41. The zero-order valence-electron chi connectivity index (χ0n) is 16.3. The lowest BCUT2D eigenvalue weighted by molar-refractivity contribution is 0.0945. The van der Waals surface area contributed by atoms with E-state index in [1.165, 1.54) is 19.2 Å². The molecule has 0 aliphatic carbocycles. The molecule has 0 bridgehead atoms. The molecule has 1 N–H and O–H groups in total. The topological polar surface area (TPSA) is 77.5 Å². The van der Waals surface area contributed by atoms with Gasteiger partial charge in [0, 0.05) is 58.1 Å². The Morgan fingerprint density at radius 1 is 0.964 bits per heavy atom. The van der Waals surface area contributed by atoms with Gasteiger partial charge in [0.2, 0.25) is 0 Å². The molecule has 0 radical (unpaired) electrons. The molecular formula is C20H27N7O. The molecule has 0 saturated carbocycles. The lowest BCUT2D eigenvalue weighted by atomic mass is 10.2. The highest BCUT2D eigenvalue weighted by Gasteiger charge is 2.18. The lowest BCUT2D eigenvalue weighted by Crippen LogP contribution is -2.44. The number of hydrogen-bond acceptors (Lipinski definition) is 7. The van der Waals surface area contributed by atoms with Crippen molar-refractivity contribution in [2.24, 2.45) is 0 Å². The molecule has 2 saturated heterocycles. The minimum atomic E-state index is -0.183. The molecule has 8 heteroatoms. The summed E-state index contributed by atoms with van der Waals surface area (Å²) in [6.45, 7) is 6.36. The third kappa shape index (κ3) is 4.39. The molecule has 4 heterocycles. The van der Waals surface area contributed by atoms with E-state index >= 15 is 0 Å². The highest BCUT2D eigenvalue weighted by atomic mass is 16.1. The summed E-state index contributed by atoms with van der Waals surface area (Å²) < 4.78 is 0. The van der Waals surface area contributed by atoms with Crippen molar-refractivity contribution in [2.45, 2.75) is 19.4 Å². The van der Waals surface area contributed by atoms with Crippen LogP contribution in [0.5, 0.6) is 0 Å². The van der Waals surface area contributed by atoms with Crippen molar-refractivity contribution in [2.75, 3.05) is 56.1 Å². The SMILES string of the molecule is CN1CCN(c2cc(C(=O)NCc3ccnc(N4CCCC4)c3)ncn2)CC1. The van der Waals surface area contributed by atoms with E-state index in [0.717, 1.165) is 56.5 Å². The van der Waals surface area contributed by atoms with E-state index in [1.54, 1.807) is 6.07 Å². The Morgan fingerprint density at radius 3 is 2.46 bits per heavy atom. The first-order valence-corrected chi connectivity index (χ1v) is 9.93. The Labute approximate surface area is 165 Å². The number of nitrogens with zero attached hydrogens (tertiary/aromatic N) is 6. The minimum Gasteiger partial charge on any atom is -0.357 e. The zero-order valence-corrected chi connectivity index (χ0v) is 16.3. The first-order valence-electron chi connectivity index (χ1n) is 9.93. The number of carbonyl (C=O) groups excluding carboxylic acids is 1. The molecule has 2 aromatic heterocycles. The van der Waals surface area contributed by atoms with Crippen molar-refractivity contribution >= 4 is 17.5 Å². The predicted molar refractivity (Wildman–Crippen MR) is 109 cm³/mol. The summed E-state index contributed by atoms with van der Waals surface area (Å²) in [6, 6.07) is 5.78. The summed E-state index contributed by atoms with van der Waals surface area (Å²) in [7, 11) is 2.12. The van der Waals surface area contributed by atoms with Gasteiger partial charge in [0.25, 0.3) is 5.91 Å². The molecule has 0 aromatic carbocycles. The van der Waals surface area contributed by atoms with Crippen LogP contribution in [0, 0.1) is 0 Å². The van der Waals surface area contributed by atoms with E-state index < -0.39 is 0 Å². The van der Waals surface area contributed by atoms with Gasteiger partial charge < -0.3 is 20.0 Å². The quantitative estimate of drug-likeness (QED) is 0.833. The Kier molecular flexibility index (Phi) is 5.66. The van der Waals surface area contributed by atoms with Crippen LogP contribution in [0.1, 0.15) is 28.9 Å². The van der Waals surface area contributed by atoms with Gasteiger partial charge in [-0.2, -0.15) is 0 Å². The third-order valence-corrected chi connectivity index (χ3v) is 5.41. The summed E-state index contributed by atoms with van der Waals surface area (Å²) in [5.74, 6) is 1.62. The van der Waals surface area contributed by atoms with Crippen LogP contribution < -0.4 is 15.1 Å². The number of amides is 1. The first kappa shape index (κ1) is 18.6. The van der Waals surface area contributed by atoms with E-state index in [4.69, 9.17) is 0 Å². The van der Waals surface area contributed by atoms with Crippen LogP contribution in [0.25, 0.3) is 0 Å². The predicted octanol–water partition coefficient (Wildman–Crippen LogP) is 1.15. The van der Waals surface area contributed by atoms with Crippen molar-refractivity contribution < 1.29 is 4.79 Å². The molecule has 148 valence electrons. The molecule has 2 aliphatic rings. The van der Waals surface area contributed by atoms with Crippen LogP contribution >= 0.6 is 0 Å². The Balaban J connectivity index is 1.37.